The molecule has 0 saturated carbocycles. The third-order valence-electron chi connectivity index (χ3n) is 4.34. The zero-order valence-corrected chi connectivity index (χ0v) is 15.8. The fraction of sp³-hybridized carbons (Fsp3) is 0.167. The Hall–Kier alpha value is -1.63. The van der Waals surface area contributed by atoms with Gasteiger partial charge in [0.2, 0.25) is 6.23 Å². The molecule has 0 saturated heterocycles. The highest BCUT2D eigenvalue weighted by atomic mass is 79.9. The molecule has 0 fully saturated rings. The molecule has 0 aliphatic carbocycles. The fourth-order valence-corrected chi connectivity index (χ4v) is 5.40. The number of rotatable bonds is 2. The Balaban J connectivity index is 1.60. The van der Waals surface area contributed by atoms with Crippen molar-refractivity contribution in [3.63, 3.8) is 0 Å². The monoisotopic (exact) mass is 416 g/mol. The minimum absolute atomic E-state index is 0.147. The molecule has 1 aromatic carbocycles. The lowest BCUT2D eigenvalue weighted by Gasteiger charge is -2.37. The SMILES string of the molecule is Brc1ccc(C2=NN3[C@@H](C2)c2ccccc2O[C@H]3c2cccs2)s1. The smallest absolute Gasteiger partial charge is 0.222 e. The predicted molar refractivity (Wildman–Crippen MR) is 102 cm³/mol. The van der Waals surface area contributed by atoms with E-state index in [-0.39, 0.29) is 12.3 Å². The summed E-state index contributed by atoms with van der Waals surface area (Å²) < 4.78 is 7.44. The molecule has 2 atom stereocenters. The van der Waals surface area contributed by atoms with Crippen LogP contribution < -0.4 is 4.74 Å². The molecule has 6 heteroatoms. The van der Waals surface area contributed by atoms with Crippen molar-refractivity contribution in [2.45, 2.75) is 18.7 Å². The molecule has 0 amide bonds. The van der Waals surface area contributed by atoms with Crippen molar-refractivity contribution >= 4 is 44.3 Å². The van der Waals surface area contributed by atoms with Crippen molar-refractivity contribution in [2.24, 2.45) is 5.10 Å². The molecule has 0 radical (unpaired) electrons. The Morgan fingerprint density at radius 3 is 2.83 bits per heavy atom. The first-order valence-corrected chi connectivity index (χ1v) is 10.2. The topological polar surface area (TPSA) is 24.8 Å². The summed E-state index contributed by atoms with van der Waals surface area (Å²) in [5, 5.41) is 9.18. The number of ether oxygens (including phenoxy) is 1. The summed E-state index contributed by atoms with van der Waals surface area (Å²) in [4.78, 5) is 2.41. The van der Waals surface area contributed by atoms with Crippen LogP contribution in [0.4, 0.5) is 0 Å². The van der Waals surface area contributed by atoms with Gasteiger partial charge in [0, 0.05) is 12.0 Å². The van der Waals surface area contributed by atoms with Crippen LogP contribution in [0.15, 0.2) is 62.8 Å². The van der Waals surface area contributed by atoms with E-state index in [1.807, 2.05) is 6.07 Å². The van der Waals surface area contributed by atoms with Crippen LogP contribution in [0.25, 0.3) is 0 Å². The van der Waals surface area contributed by atoms with E-state index < -0.39 is 0 Å². The maximum atomic E-state index is 6.30. The van der Waals surface area contributed by atoms with E-state index in [0.717, 1.165) is 21.7 Å². The number of benzene rings is 1. The van der Waals surface area contributed by atoms with Gasteiger partial charge in [-0.15, -0.1) is 22.7 Å². The largest absolute Gasteiger partial charge is 0.464 e. The molecule has 0 spiro atoms. The third-order valence-corrected chi connectivity index (χ3v) is 6.92. The third kappa shape index (κ3) is 2.32. The maximum Gasteiger partial charge on any atom is 0.222 e. The molecule has 2 aliphatic rings. The van der Waals surface area contributed by atoms with Crippen LogP contribution in [0.2, 0.25) is 0 Å². The molecular formula is C18H13BrN2OS2. The molecule has 3 aromatic rings. The van der Waals surface area contributed by atoms with E-state index in [1.54, 1.807) is 22.7 Å². The zero-order chi connectivity index (χ0) is 16.1. The van der Waals surface area contributed by atoms with Gasteiger partial charge in [0.05, 0.1) is 25.3 Å². The van der Waals surface area contributed by atoms with Gasteiger partial charge in [-0.2, -0.15) is 5.10 Å². The second-order valence-electron chi connectivity index (χ2n) is 5.77. The standard InChI is InChI=1S/C18H13BrN2OS2/c19-17-8-7-15(24-17)12-10-13-11-4-1-2-5-14(11)22-18(21(13)20-12)16-6-3-9-23-16/h1-9,13,18H,10H2/t13-,18-/m0/s1. The number of halogens is 1. The highest BCUT2D eigenvalue weighted by Gasteiger charge is 2.41. The number of hydrazone groups is 1. The van der Waals surface area contributed by atoms with E-state index in [2.05, 4.69) is 68.8 Å². The van der Waals surface area contributed by atoms with Crippen molar-refractivity contribution in [3.8, 4) is 5.75 Å². The summed E-state index contributed by atoms with van der Waals surface area (Å²) in [6.45, 7) is 0. The number of hydrogen-bond donors (Lipinski definition) is 0. The molecular weight excluding hydrogens is 404 g/mol. The van der Waals surface area contributed by atoms with Crippen LogP contribution in [0.3, 0.4) is 0 Å². The number of fused-ring (bicyclic) bond motifs is 3. The fourth-order valence-electron chi connectivity index (χ4n) is 3.27. The Labute approximate surface area is 156 Å². The minimum atomic E-state index is -0.147. The normalized spacial score (nSPS) is 21.9. The van der Waals surface area contributed by atoms with Gasteiger partial charge in [-0.05, 0) is 45.6 Å². The summed E-state index contributed by atoms with van der Waals surface area (Å²) in [6, 6.07) is 17.0. The summed E-state index contributed by atoms with van der Waals surface area (Å²) in [6.07, 6.45) is 0.765. The Morgan fingerprint density at radius 2 is 2.04 bits per heavy atom. The molecule has 24 heavy (non-hydrogen) atoms. The van der Waals surface area contributed by atoms with Crippen LogP contribution in [0, 0.1) is 0 Å². The summed E-state index contributed by atoms with van der Waals surface area (Å²) >= 11 is 7.00. The number of hydrogen-bond acceptors (Lipinski definition) is 5. The predicted octanol–water partition coefficient (Wildman–Crippen LogP) is 5.81. The lowest BCUT2D eigenvalue weighted by Crippen LogP contribution is -2.33. The van der Waals surface area contributed by atoms with E-state index in [1.165, 1.54) is 15.3 Å². The van der Waals surface area contributed by atoms with Crippen molar-refractivity contribution in [1.82, 2.24) is 5.01 Å². The highest BCUT2D eigenvalue weighted by Crippen LogP contribution is 2.48. The van der Waals surface area contributed by atoms with Gasteiger partial charge in [0.1, 0.15) is 5.75 Å². The van der Waals surface area contributed by atoms with Crippen LogP contribution in [-0.4, -0.2) is 10.7 Å². The van der Waals surface area contributed by atoms with E-state index in [0.29, 0.717) is 0 Å². The average molecular weight is 417 g/mol. The molecule has 4 heterocycles. The van der Waals surface area contributed by atoms with Crippen LogP contribution >= 0.6 is 38.6 Å². The molecule has 3 nitrogen and oxygen atoms in total. The first-order chi connectivity index (χ1) is 11.8. The Morgan fingerprint density at radius 1 is 1.12 bits per heavy atom. The highest BCUT2D eigenvalue weighted by molar-refractivity contribution is 9.11. The number of nitrogens with zero attached hydrogens (tertiary/aromatic N) is 2. The van der Waals surface area contributed by atoms with Crippen molar-refractivity contribution in [3.05, 3.63) is 73.0 Å². The van der Waals surface area contributed by atoms with Crippen molar-refractivity contribution in [1.29, 1.82) is 0 Å². The van der Waals surface area contributed by atoms with E-state index >= 15 is 0 Å². The van der Waals surface area contributed by atoms with Gasteiger partial charge in [0.15, 0.2) is 0 Å². The van der Waals surface area contributed by atoms with Crippen molar-refractivity contribution < 1.29 is 4.74 Å². The Kier molecular flexibility index (Phi) is 3.50. The van der Waals surface area contributed by atoms with Gasteiger partial charge >= 0.3 is 0 Å². The van der Waals surface area contributed by atoms with Crippen LogP contribution in [0.5, 0.6) is 5.75 Å². The lowest BCUT2D eigenvalue weighted by atomic mass is 9.98. The molecule has 0 N–H and O–H groups in total. The minimum Gasteiger partial charge on any atom is -0.464 e. The number of para-hydroxylation sites is 1. The first-order valence-electron chi connectivity index (χ1n) is 7.70. The lowest BCUT2D eigenvalue weighted by molar-refractivity contribution is -0.0165. The van der Waals surface area contributed by atoms with Gasteiger partial charge in [-0.1, -0.05) is 24.3 Å². The summed E-state index contributed by atoms with van der Waals surface area (Å²) in [5.74, 6) is 0.973. The van der Waals surface area contributed by atoms with E-state index in [4.69, 9.17) is 9.84 Å². The van der Waals surface area contributed by atoms with Crippen LogP contribution in [-0.2, 0) is 0 Å². The zero-order valence-electron chi connectivity index (χ0n) is 12.6. The molecule has 2 aromatic heterocycles. The van der Waals surface area contributed by atoms with Gasteiger partial charge in [0.25, 0.3) is 0 Å². The second kappa shape index (κ2) is 5.72. The molecule has 120 valence electrons. The molecule has 2 aliphatic heterocycles. The molecule has 0 bridgehead atoms. The summed E-state index contributed by atoms with van der Waals surface area (Å²) in [7, 11) is 0. The first kappa shape index (κ1) is 14.7. The van der Waals surface area contributed by atoms with Gasteiger partial charge in [-0.3, -0.25) is 0 Å². The maximum absolute atomic E-state index is 6.30. The van der Waals surface area contributed by atoms with Gasteiger partial charge < -0.3 is 4.74 Å². The Bertz CT molecular complexity index is 919. The second-order valence-corrected chi connectivity index (χ2v) is 9.22. The average Bonchev–Trinajstić information content (AvgIpc) is 3.34. The van der Waals surface area contributed by atoms with E-state index in [9.17, 15) is 0 Å². The molecule has 0 unspecified atom stereocenters. The van der Waals surface area contributed by atoms with Gasteiger partial charge in [-0.25, -0.2) is 5.01 Å². The quantitative estimate of drug-likeness (QED) is 0.525. The number of thiophene rings is 2. The molecule has 5 rings (SSSR count). The summed E-state index contributed by atoms with van der Waals surface area (Å²) in [5.41, 5.74) is 2.36. The van der Waals surface area contributed by atoms with Crippen LogP contribution in [0.1, 0.15) is 34.0 Å². The van der Waals surface area contributed by atoms with Crippen molar-refractivity contribution in [2.75, 3.05) is 0 Å².